The number of anilines is 1. The van der Waals surface area contributed by atoms with Gasteiger partial charge in [-0.1, -0.05) is 18.2 Å². The van der Waals surface area contributed by atoms with Crippen LogP contribution in [0.25, 0.3) is 0 Å². The van der Waals surface area contributed by atoms with Crippen LogP contribution in [0.2, 0.25) is 0 Å². The Labute approximate surface area is 80.1 Å². The Kier molecular flexibility index (Phi) is 2.94. The van der Waals surface area contributed by atoms with E-state index in [-0.39, 0.29) is 11.6 Å². The number of nitrogens with one attached hydrogen (secondary N) is 1. The first-order chi connectivity index (χ1) is 6.00. The molecule has 0 fully saturated rings. The molecule has 0 spiro atoms. The van der Waals surface area contributed by atoms with Crippen molar-refractivity contribution in [3.8, 4) is 0 Å². The highest BCUT2D eigenvalue weighted by Crippen LogP contribution is 2.12. The molecule has 0 saturated carbocycles. The van der Waals surface area contributed by atoms with E-state index >= 15 is 0 Å². The Morgan fingerprint density at radius 3 is 2.23 bits per heavy atom. The van der Waals surface area contributed by atoms with Gasteiger partial charge in [-0.05, 0) is 32.9 Å². The number of hydrogen-bond donors (Lipinski definition) is 2. The van der Waals surface area contributed by atoms with E-state index in [0.717, 1.165) is 5.69 Å². The van der Waals surface area contributed by atoms with Gasteiger partial charge in [0.25, 0.3) is 0 Å². The molecule has 0 aliphatic rings. The molecule has 0 aliphatic heterocycles. The largest absolute Gasteiger partial charge is 0.381 e. The number of nitrogens with two attached hydrogens (primary N) is 1. The van der Waals surface area contributed by atoms with E-state index in [2.05, 4.69) is 12.2 Å². The second kappa shape index (κ2) is 3.79. The SMILES string of the molecule is CC(Nc1ccccc1)C(C)(C)N. The van der Waals surface area contributed by atoms with Crippen LogP contribution in [0.5, 0.6) is 0 Å². The summed E-state index contributed by atoms with van der Waals surface area (Å²) in [5.41, 5.74) is 6.88. The van der Waals surface area contributed by atoms with E-state index in [1.807, 2.05) is 44.2 Å². The summed E-state index contributed by atoms with van der Waals surface area (Å²) in [6.07, 6.45) is 0. The van der Waals surface area contributed by atoms with Gasteiger partial charge in [0.2, 0.25) is 0 Å². The third-order valence-corrected chi connectivity index (χ3v) is 2.27. The summed E-state index contributed by atoms with van der Waals surface area (Å²) in [6.45, 7) is 6.13. The van der Waals surface area contributed by atoms with Crippen LogP contribution in [0.3, 0.4) is 0 Å². The van der Waals surface area contributed by atoms with Crippen LogP contribution >= 0.6 is 0 Å². The zero-order chi connectivity index (χ0) is 9.90. The Hall–Kier alpha value is -1.02. The summed E-state index contributed by atoms with van der Waals surface area (Å²) >= 11 is 0. The molecule has 0 radical (unpaired) electrons. The molecule has 0 saturated heterocycles. The van der Waals surface area contributed by atoms with Crippen LogP contribution in [-0.4, -0.2) is 11.6 Å². The van der Waals surface area contributed by atoms with Gasteiger partial charge >= 0.3 is 0 Å². The Morgan fingerprint density at radius 2 is 1.77 bits per heavy atom. The molecule has 0 heterocycles. The molecule has 2 nitrogen and oxygen atoms in total. The lowest BCUT2D eigenvalue weighted by Gasteiger charge is -2.28. The predicted molar refractivity (Wildman–Crippen MR) is 57.8 cm³/mol. The summed E-state index contributed by atoms with van der Waals surface area (Å²) in [5, 5.41) is 3.36. The Morgan fingerprint density at radius 1 is 1.23 bits per heavy atom. The summed E-state index contributed by atoms with van der Waals surface area (Å²) in [7, 11) is 0. The van der Waals surface area contributed by atoms with E-state index in [4.69, 9.17) is 5.73 Å². The maximum atomic E-state index is 5.96. The molecule has 1 unspecified atom stereocenters. The molecule has 0 aromatic heterocycles. The van der Waals surface area contributed by atoms with Crippen molar-refractivity contribution in [3.05, 3.63) is 30.3 Å². The van der Waals surface area contributed by atoms with Gasteiger partial charge in [-0.2, -0.15) is 0 Å². The van der Waals surface area contributed by atoms with Gasteiger partial charge in [-0.15, -0.1) is 0 Å². The molecule has 0 aliphatic carbocycles. The minimum atomic E-state index is -0.199. The van der Waals surface area contributed by atoms with Gasteiger partial charge in [0.1, 0.15) is 0 Å². The molecule has 72 valence electrons. The maximum Gasteiger partial charge on any atom is 0.0407 e. The molecule has 1 atom stereocenters. The first kappa shape index (κ1) is 10.1. The third-order valence-electron chi connectivity index (χ3n) is 2.27. The fourth-order valence-electron chi connectivity index (χ4n) is 0.970. The van der Waals surface area contributed by atoms with Crippen molar-refractivity contribution in [2.24, 2.45) is 5.73 Å². The van der Waals surface area contributed by atoms with Crippen LogP contribution in [-0.2, 0) is 0 Å². The second-order valence-corrected chi connectivity index (χ2v) is 4.05. The van der Waals surface area contributed by atoms with Gasteiger partial charge in [0.05, 0.1) is 0 Å². The van der Waals surface area contributed by atoms with Crippen molar-refractivity contribution < 1.29 is 0 Å². The summed E-state index contributed by atoms with van der Waals surface area (Å²) in [4.78, 5) is 0. The summed E-state index contributed by atoms with van der Waals surface area (Å²) < 4.78 is 0. The van der Waals surface area contributed by atoms with Gasteiger partial charge < -0.3 is 11.1 Å². The lowest BCUT2D eigenvalue weighted by Crippen LogP contribution is -2.47. The monoisotopic (exact) mass is 178 g/mol. The molecule has 1 aromatic carbocycles. The molecule has 1 aromatic rings. The van der Waals surface area contributed by atoms with E-state index in [1.54, 1.807) is 0 Å². The quantitative estimate of drug-likeness (QED) is 0.744. The van der Waals surface area contributed by atoms with Crippen molar-refractivity contribution in [1.29, 1.82) is 0 Å². The minimum absolute atomic E-state index is 0.199. The number of hydrogen-bond acceptors (Lipinski definition) is 2. The minimum Gasteiger partial charge on any atom is -0.381 e. The van der Waals surface area contributed by atoms with Crippen LogP contribution in [0.15, 0.2) is 30.3 Å². The van der Waals surface area contributed by atoms with E-state index in [1.165, 1.54) is 0 Å². The normalized spacial score (nSPS) is 13.8. The van der Waals surface area contributed by atoms with Crippen molar-refractivity contribution >= 4 is 5.69 Å². The van der Waals surface area contributed by atoms with E-state index in [0.29, 0.717) is 0 Å². The van der Waals surface area contributed by atoms with Gasteiger partial charge in [0, 0.05) is 17.3 Å². The number of rotatable bonds is 3. The highest BCUT2D eigenvalue weighted by Gasteiger charge is 2.19. The van der Waals surface area contributed by atoms with Crippen molar-refractivity contribution in [1.82, 2.24) is 0 Å². The van der Waals surface area contributed by atoms with Crippen LogP contribution in [0, 0.1) is 0 Å². The average Bonchev–Trinajstić information content (AvgIpc) is 2.04. The molecule has 0 bridgehead atoms. The highest BCUT2D eigenvalue weighted by atomic mass is 15.0. The maximum absolute atomic E-state index is 5.96. The second-order valence-electron chi connectivity index (χ2n) is 4.05. The summed E-state index contributed by atoms with van der Waals surface area (Å²) in [5.74, 6) is 0. The fourth-order valence-corrected chi connectivity index (χ4v) is 0.970. The Balaban J connectivity index is 2.61. The fraction of sp³-hybridized carbons (Fsp3) is 0.455. The number of benzene rings is 1. The lowest BCUT2D eigenvalue weighted by molar-refractivity contribution is 0.456. The highest BCUT2D eigenvalue weighted by molar-refractivity contribution is 5.43. The molecule has 13 heavy (non-hydrogen) atoms. The van der Waals surface area contributed by atoms with Crippen LogP contribution < -0.4 is 11.1 Å². The van der Waals surface area contributed by atoms with Gasteiger partial charge in [0.15, 0.2) is 0 Å². The predicted octanol–water partition coefficient (Wildman–Crippen LogP) is 2.22. The molecule has 2 heteroatoms. The molecule has 0 amide bonds. The van der Waals surface area contributed by atoms with E-state index in [9.17, 15) is 0 Å². The topological polar surface area (TPSA) is 38.0 Å². The van der Waals surface area contributed by atoms with Crippen LogP contribution in [0.4, 0.5) is 5.69 Å². The van der Waals surface area contributed by atoms with Gasteiger partial charge in [-0.25, -0.2) is 0 Å². The van der Waals surface area contributed by atoms with Crippen molar-refractivity contribution in [2.45, 2.75) is 32.4 Å². The standard InChI is InChI=1S/C11H18N2/c1-9(11(2,3)12)13-10-7-5-4-6-8-10/h4-9,13H,12H2,1-3H3. The molecular weight excluding hydrogens is 160 g/mol. The van der Waals surface area contributed by atoms with Crippen molar-refractivity contribution in [2.75, 3.05) is 5.32 Å². The van der Waals surface area contributed by atoms with E-state index < -0.39 is 0 Å². The Bertz CT molecular complexity index is 249. The molecule has 3 N–H and O–H groups in total. The van der Waals surface area contributed by atoms with Gasteiger partial charge in [-0.3, -0.25) is 0 Å². The average molecular weight is 178 g/mol. The molecular formula is C11H18N2. The summed E-state index contributed by atoms with van der Waals surface area (Å²) in [6, 6.07) is 10.4. The smallest absolute Gasteiger partial charge is 0.0407 e. The first-order valence-corrected chi connectivity index (χ1v) is 4.60. The zero-order valence-corrected chi connectivity index (χ0v) is 8.54. The van der Waals surface area contributed by atoms with Crippen molar-refractivity contribution in [3.63, 3.8) is 0 Å². The first-order valence-electron chi connectivity index (χ1n) is 4.60. The zero-order valence-electron chi connectivity index (χ0n) is 8.54. The number of para-hydroxylation sites is 1. The molecule has 1 rings (SSSR count). The third kappa shape index (κ3) is 3.07. The lowest BCUT2D eigenvalue weighted by atomic mass is 9.97. The van der Waals surface area contributed by atoms with Crippen LogP contribution in [0.1, 0.15) is 20.8 Å².